The molecular weight excluding hydrogens is 188 g/mol. The summed E-state index contributed by atoms with van der Waals surface area (Å²) in [5.74, 6) is 0.769. The topological polar surface area (TPSA) is 38.5 Å². The highest BCUT2D eigenvalue weighted by Gasteiger charge is 2.29. The summed E-state index contributed by atoms with van der Waals surface area (Å²) in [6.45, 7) is 6.33. The molecule has 2 N–H and O–H groups in total. The number of hydrogen-bond donors (Lipinski definition) is 1. The summed E-state index contributed by atoms with van der Waals surface area (Å²) in [6.07, 6.45) is 5.18. The van der Waals surface area contributed by atoms with Crippen LogP contribution in [-0.2, 0) is 4.74 Å². The zero-order valence-corrected chi connectivity index (χ0v) is 10.2. The molecule has 0 spiro atoms. The first-order chi connectivity index (χ1) is 7.27. The molecule has 1 rings (SSSR count). The van der Waals surface area contributed by atoms with Gasteiger partial charge in [-0.3, -0.25) is 4.90 Å². The van der Waals surface area contributed by atoms with Crippen LogP contribution >= 0.6 is 0 Å². The van der Waals surface area contributed by atoms with Gasteiger partial charge < -0.3 is 10.5 Å². The maximum Gasteiger partial charge on any atom is 0.0589 e. The molecule has 1 fully saturated rings. The molecule has 1 aliphatic rings. The lowest BCUT2D eigenvalue weighted by Gasteiger charge is -2.25. The molecule has 0 aromatic carbocycles. The Balaban J connectivity index is 2.17. The van der Waals surface area contributed by atoms with Gasteiger partial charge in [0.25, 0.3) is 0 Å². The van der Waals surface area contributed by atoms with Crippen LogP contribution in [0, 0.1) is 5.92 Å². The van der Waals surface area contributed by atoms with Gasteiger partial charge in [-0.25, -0.2) is 0 Å². The van der Waals surface area contributed by atoms with Gasteiger partial charge in [0.1, 0.15) is 0 Å². The molecule has 1 unspecified atom stereocenters. The third-order valence-corrected chi connectivity index (χ3v) is 3.09. The van der Waals surface area contributed by atoms with Gasteiger partial charge in [0, 0.05) is 26.2 Å². The minimum absolute atomic E-state index is 0.769. The molecule has 3 heteroatoms. The van der Waals surface area contributed by atoms with Crippen LogP contribution in [0.2, 0.25) is 0 Å². The van der Waals surface area contributed by atoms with Gasteiger partial charge in [-0.05, 0) is 38.1 Å². The molecule has 1 saturated carbocycles. The predicted molar refractivity (Wildman–Crippen MR) is 63.9 cm³/mol. The molecule has 1 aliphatic carbocycles. The fourth-order valence-electron chi connectivity index (χ4n) is 2.03. The Hall–Kier alpha value is -0.120. The van der Waals surface area contributed by atoms with Crippen molar-refractivity contribution in [2.75, 3.05) is 33.4 Å². The van der Waals surface area contributed by atoms with E-state index in [1.54, 1.807) is 7.11 Å². The summed E-state index contributed by atoms with van der Waals surface area (Å²) in [7, 11) is 1.78. The summed E-state index contributed by atoms with van der Waals surface area (Å²) < 4.78 is 5.15. The predicted octanol–water partition coefficient (Wildman–Crippen LogP) is 1.47. The first-order valence-electron chi connectivity index (χ1n) is 6.21. The van der Waals surface area contributed by atoms with E-state index in [4.69, 9.17) is 10.5 Å². The molecule has 0 amide bonds. The van der Waals surface area contributed by atoms with Crippen LogP contribution in [0.4, 0.5) is 0 Å². The van der Waals surface area contributed by atoms with Gasteiger partial charge >= 0.3 is 0 Å². The first kappa shape index (κ1) is 12.9. The maximum atomic E-state index is 5.53. The van der Waals surface area contributed by atoms with Crippen LogP contribution in [0.3, 0.4) is 0 Å². The normalized spacial score (nSPS) is 18.4. The van der Waals surface area contributed by atoms with Crippen molar-refractivity contribution in [3.05, 3.63) is 0 Å². The van der Waals surface area contributed by atoms with E-state index in [1.165, 1.54) is 25.8 Å². The van der Waals surface area contributed by atoms with Crippen molar-refractivity contribution >= 4 is 0 Å². The largest absolute Gasteiger partial charge is 0.383 e. The molecule has 90 valence electrons. The summed E-state index contributed by atoms with van der Waals surface area (Å²) in [4.78, 5) is 2.59. The summed E-state index contributed by atoms with van der Waals surface area (Å²) >= 11 is 0. The molecule has 0 aromatic heterocycles. The third-order valence-electron chi connectivity index (χ3n) is 3.09. The molecule has 0 saturated heterocycles. The average molecular weight is 214 g/mol. The smallest absolute Gasteiger partial charge is 0.0589 e. The lowest BCUT2D eigenvalue weighted by molar-refractivity contribution is 0.132. The second kappa shape index (κ2) is 7.20. The van der Waals surface area contributed by atoms with Crippen LogP contribution in [0.5, 0.6) is 0 Å². The fraction of sp³-hybridized carbons (Fsp3) is 1.00. The van der Waals surface area contributed by atoms with Gasteiger partial charge in [0.15, 0.2) is 0 Å². The number of nitrogens with zero attached hydrogens (tertiary/aromatic N) is 1. The lowest BCUT2D eigenvalue weighted by Crippen LogP contribution is -2.33. The second-order valence-corrected chi connectivity index (χ2v) is 4.75. The molecule has 1 atom stereocenters. The van der Waals surface area contributed by atoms with Crippen LogP contribution in [0.25, 0.3) is 0 Å². The number of nitrogens with two attached hydrogens (primary N) is 1. The highest BCUT2D eigenvalue weighted by atomic mass is 16.5. The summed E-state index contributed by atoms with van der Waals surface area (Å²) in [5, 5.41) is 0. The van der Waals surface area contributed by atoms with Crippen LogP contribution in [0.15, 0.2) is 0 Å². The fourth-order valence-corrected chi connectivity index (χ4v) is 2.03. The minimum Gasteiger partial charge on any atom is -0.383 e. The Labute approximate surface area is 94.0 Å². The summed E-state index contributed by atoms with van der Waals surface area (Å²) in [5.41, 5.74) is 5.53. The molecule has 0 heterocycles. The van der Waals surface area contributed by atoms with Gasteiger partial charge in [-0.15, -0.1) is 0 Å². The van der Waals surface area contributed by atoms with Crippen molar-refractivity contribution in [2.24, 2.45) is 11.7 Å². The van der Waals surface area contributed by atoms with E-state index < -0.39 is 0 Å². The van der Waals surface area contributed by atoms with Crippen LogP contribution < -0.4 is 5.73 Å². The minimum atomic E-state index is 0.769. The molecule has 0 radical (unpaired) electrons. The molecule has 3 nitrogen and oxygen atoms in total. The van der Waals surface area contributed by atoms with Crippen LogP contribution in [-0.4, -0.2) is 44.3 Å². The zero-order valence-electron chi connectivity index (χ0n) is 10.2. The van der Waals surface area contributed by atoms with Gasteiger partial charge in [-0.2, -0.15) is 0 Å². The Kier molecular flexibility index (Phi) is 6.22. The Morgan fingerprint density at radius 3 is 2.73 bits per heavy atom. The number of ether oxygens (including phenoxy) is 1. The number of rotatable bonds is 9. The van der Waals surface area contributed by atoms with E-state index in [0.29, 0.717) is 0 Å². The molecular formula is C12H26N2O. The van der Waals surface area contributed by atoms with E-state index in [9.17, 15) is 0 Å². The third kappa shape index (κ3) is 5.50. The van der Waals surface area contributed by atoms with Crippen molar-refractivity contribution in [1.29, 1.82) is 0 Å². The van der Waals surface area contributed by atoms with Crippen molar-refractivity contribution in [3.8, 4) is 0 Å². The van der Waals surface area contributed by atoms with E-state index in [-0.39, 0.29) is 0 Å². The van der Waals surface area contributed by atoms with Gasteiger partial charge in [0.05, 0.1) is 6.61 Å². The monoisotopic (exact) mass is 214 g/mol. The van der Waals surface area contributed by atoms with Crippen LogP contribution in [0.1, 0.15) is 32.6 Å². The van der Waals surface area contributed by atoms with Crippen molar-refractivity contribution in [3.63, 3.8) is 0 Å². The number of methoxy groups -OCH3 is 1. The SMILES string of the molecule is COCCN(CC(C)CCCN)C1CC1. The summed E-state index contributed by atoms with van der Waals surface area (Å²) in [6, 6.07) is 0.848. The average Bonchev–Trinajstić information content (AvgIpc) is 3.04. The van der Waals surface area contributed by atoms with Gasteiger partial charge in [-0.1, -0.05) is 6.92 Å². The highest BCUT2D eigenvalue weighted by Crippen LogP contribution is 2.27. The second-order valence-electron chi connectivity index (χ2n) is 4.75. The Morgan fingerprint density at radius 1 is 1.47 bits per heavy atom. The molecule has 15 heavy (non-hydrogen) atoms. The first-order valence-corrected chi connectivity index (χ1v) is 6.21. The van der Waals surface area contributed by atoms with Crippen molar-refractivity contribution in [2.45, 2.75) is 38.6 Å². The Morgan fingerprint density at radius 2 is 2.20 bits per heavy atom. The zero-order chi connectivity index (χ0) is 11.1. The van der Waals surface area contributed by atoms with Crippen molar-refractivity contribution < 1.29 is 4.74 Å². The highest BCUT2D eigenvalue weighted by molar-refractivity contribution is 4.85. The number of hydrogen-bond acceptors (Lipinski definition) is 3. The van der Waals surface area contributed by atoms with Gasteiger partial charge in [0.2, 0.25) is 0 Å². The molecule has 0 bridgehead atoms. The van der Waals surface area contributed by atoms with E-state index >= 15 is 0 Å². The lowest BCUT2D eigenvalue weighted by atomic mass is 10.1. The quantitative estimate of drug-likeness (QED) is 0.632. The van der Waals surface area contributed by atoms with E-state index in [2.05, 4.69) is 11.8 Å². The molecule has 0 aromatic rings. The Bertz CT molecular complexity index is 160. The standard InChI is InChI=1S/C12H26N2O/c1-11(4-3-7-13)10-14(8-9-15-2)12-5-6-12/h11-12H,3-10,13H2,1-2H3. The molecule has 0 aliphatic heterocycles. The van der Waals surface area contributed by atoms with Crippen molar-refractivity contribution in [1.82, 2.24) is 4.90 Å². The maximum absolute atomic E-state index is 5.53. The van der Waals surface area contributed by atoms with E-state index in [0.717, 1.165) is 38.1 Å². The van der Waals surface area contributed by atoms with E-state index in [1.807, 2.05) is 0 Å².